The van der Waals surface area contributed by atoms with Crippen LogP contribution in [0.5, 0.6) is 0 Å². The third-order valence-corrected chi connectivity index (χ3v) is 3.09. The van der Waals surface area contributed by atoms with Gasteiger partial charge in [-0.1, -0.05) is 0 Å². The van der Waals surface area contributed by atoms with Crippen molar-refractivity contribution >= 4 is 23.5 Å². The van der Waals surface area contributed by atoms with Crippen LogP contribution in [0.1, 0.15) is 12.8 Å². The first kappa shape index (κ1) is 12.3. The molecule has 8 nitrogen and oxygen atoms in total. The molecule has 20 heavy (non-hydrogen) atoms. The Morgan fingerprint density at radius 3 is 2.30 bits per heavy atom. The van der Waals surface area contributed by atoms with Gasteiger partial charge in [0.05, 0.1) is 12.4 Å². The first-order valence-electron chi connectivity index (χ1n) is 6.22. The maximum atomic E-state index is 11.7. The van der Waals surface area contributed by atoms with E-state index >= 15 is 0 Å². The van der Waals surface area contributed by atoms with Crippen molar-refractivity contribution in [3.05, 3.63) is 24.5 Å². The van der Waals surface area contributed by atoms with Crippen molar-refractivity contribution in [2.75, 3.05) is 22.9 Å². The lowest BCUT2D eigenvalue weighted by Crippen LogP contribution is -2.34. The van der Waals surface area contributed by atoms with E-state index in [-0.39, 0.29) is 17.8 Å². The lowest BCUT2D eigenvalue weighted by atomic mass is 10.3. The van der Waals surface area contributed by atoms with Gasteiger partial charge in [0.15, 0.2) is 0 Å². The summed E-state index contributed by atoms with van der Waals surface area (Å²) >= 11 is 0. The Kier molecular flexibility index (Phi) is 2.90. The maximum absolute atomic E-state index is 11.7. The lowest BCUT2D eigenvalue weighted by Gasteiger charge is -2.14. The number of aromatic nitrogens is 4. The van der Waals surface area contributed by atoms with Crippen LogP contribution in [0.3, 0.4) is 0 Å². The molecular weight excluding hydrogens is 258 g/mol. The highest BCUT2D eigenvalue weighted by molar-refractivity contribution is 5.95. The van der Waals surface area contributed by atoms with E-state index in [1.807, 2.05) is 12.1 Å². The van der Waals surface area contributed by atoms with Crippen LogP contribution in [0, 0.1) is 0 Å². The molecule has 0 saturated carbocycles. The Morgan fingerprint density at radius 1 is 1.10 bits per heavy atom. The van der Waals surface area contributed by atoms with Crippen LogP contribution in [0.25, 0.3) is 5.95 Å². The van der Waals surface area contributed by atoms with Crippen LogP contribution in [0.2, 0.25) is 0 Å². The summed E-state index contributed by atoms with van der Waals surface area (Å²) in [5.74, 6) is 0.628. The first-order valence-corrected chi connectivity index (χ1v) is 6.22. The smallest absolute Gasteiger partial charge is 0.353 e. The van der Waals surface area contributed by atoms with Gasteiger partial charge in [-0.3, -0.25) is 4.79 Å². The predicted octanol–water partition coefficient (Wildman–Crippen LogP) is -0.561. The molecule has 1 amide bonds. The van der Waals surface area contributed by atoms with Crippen LogP contribution < -0.4 is 20.9 Å². The molecule has 0 bridgehead atoms. The summed E-state index contributed by atoms with van der Waals surface area (Å²) in [4.78, 5) is 25.2. The van der Waals surface area contributed by atoms with Crippen molar-refractivity contribution in [3.8, 4) is 5.95 Å². The largest absolute Gasteiger partial charge is 0.444 e. The number of hydrogen-bond acceptors (Lipinski definition) is 6. The minimum atomic E-state index is 0.0683. The Morgan fingerprint density at radius 2 is 1.75 bits per heavy atom. The van der Waals surface area contributed by atoms with E-state index < -0.39 is 0 Å². The highest BCUT2D eigenvalue weighted by Crippen LogP contribution is 2.19. The second kappa shape index (κ2) is 4.72. The van der Waals surface area contributed by atoms with Gasteiger partial charge in [-0.15, -0.1) is 4.98 Å². The van der Waals surface area contributed by atoms with Gasteiger partial charge in [-0.2, -0.15) is 0 Å². The van der Waals surface area contributed by atoms with Crippen LogP contribution in [-0.4, -0.2) is 27.4 Å². The second-order valence-electron chi connectivity index (χ2n) is 4.46. The summed E-state index contributed by atoms with van der Waals surface area (Å²) in [5.41, 5.74) is 11.9. The number of carbonyl (C=O) groups excluding carboxylic acids is 1. The molecule has 0 unspecified atom stereocenters. The van der Waals surface area contributed by atoms with Gasteiger partial charge in [-0.05, 0) is 28.5 Å². The molecule has 0 aliphatic carbocycles. The monoisotopic (exact) mass is 272 g/mol. The third kappa shape index (κ3) is 2.22. The fourth-order valence-corrected chi connectivity index (χ4v) is 2.17. The van der Waals surface area contributed by atoms with Gasteiger partial charge in [0.1, 0.15) is 0 Å². The van der Waals surface area contributed by atoms with E-state index in [1.54, 1.807) is 21.9 Å². The molecule has 3 heterocycles. The molecule has 102 valence electrons. The fourth-order valence-electron chi connectivity index (χ4n) is 2.17. The molecule has 1 fully saturated rings. The fraction of sp³-hybridized carbons (Fsp3) is 0.250. The molecular formula is C12H14N7O+. The Labute approximate surface area is 115 Å². The normalized spacial score (nSPS) is 14.8. The van der Waals surface area contributed by atoms with Crippen molar-refractivity contribution in [3.63, 3.8) is 0 Å². The zero-order chi connectivity index (χ0) is 14.1. The summed E-state index contributed by atoms with van der Waals surface area (Å²) in [6.07, 6.45) is 5.02. The minimum absolute atomic E-state index is 0.0683. The van der Waals surface area contributed by atoms with Gasteiger partial charge in [-0.25, -0.2) is 4.57 Å². The molecule has 1 saturated heterocycles. The maximum Gasteiger partial charge on any atom is 0.444 e. The highest BCUT2D eigenvalue weighted by Gasteiger charge is 2.22. The Bertz CT molecular complexity index is 635. The summed E-state index contributed by atoms with van der Waals surface area (Å²) in [6.45, 7) is 0.758. The van der Waals surface area contributed by atoms with Crippen molar-refractivity contribution < 1.29 is 9.36 Å². The molecule has 2 aromatic rings. The van der Waals surface area contributed by atoms with Gasteiger partial charge in [0.25, 0.3) is 0 Å². The Hall–Kier alpha value is -2.77. The second-order valence-corrected chi connectivity index (χ2v) is 4.46. The Balaban J connectivity index is 1.91. The number of hydrogen-bond donors (Lipinski definition) is 2. The third-order valence-electron chi connectivity index (χ3n) is 3.09. The molecule has 3 rings (SSSR count). The average Bonchev–Trinajstić information content (AvgIpc) is 2.84. The van der Waals surface area contributed by atoms with E-state index in [0.717, 1.165) is 18.7 Å². The van der Waals surface area contributed by atoms with E-state index in [9.17, 15) is 4.79 Å². The highest BCUT2D eigenvalue weighted by atomic mass is 16.2. The van der Waals surface area contributed by atoms with Crippen LogP contribution in [0.4, 0.5) is 17.6 Å². The van der Waals surface area contributed by atoms with Crippen LogP contribution in [-0.2, 0) is 4.79 Å². The molecule has 1 aliphatic rings. The van der Waals surface area contributed by atoms with E-state index in [1.165, 1.54) is 0 Å². The standard InChI is InChI=1S/C12H14N7O/c13-10-15-11(14)17-12(16-10)18-6-3-8(4-7-18)19-5-1-2-9(19)20/h3-4,6-7H,1-2,5H2,(H4,13,14,15,16,17)/q+1. The van der Waals surface area contributed by atoms with Gasteiger partial charge in [0.2, 0.25) is 5.91 Å². The topological polar surface area (TPSA) is 115 Å². The number of anilines is 3. The van der Waals surface area contributed by atoms with Gasteiger partial charge >= 0.3 is 17.8 Å². The first-order chi connectivity index (χ1) is 9.63. The molecule has 0 radical (unpaired) electrons. The molecule has 0 aromatic carbocycles. The number of nitrogens with zero attached hydrogens (tertiary/aromatic N) is 5. The minimum Gasteiger partial charge on any atom is -0.353 e. The lowest BCUT2D eigenvalue weighted by molar-refractivity contribution is -0.603. The number of rotatable bonds is 2. The van der Waals surface area contributed by atoms with Crippen LogP contribution in [0.15, 0.2) is 24.5 Å². The molecule has 8 heteroatoms. The zero-order valence-electron chi connectivity index (χ0n) is 10.7. The van der Waals surface area contributed by atoms with Crippen molar-refractivity contribution in [2.45, 2.75) is 12.8 Å². The van der Waals surface area contributed by atoms with Crippen molar-refractivity contribution in [2.24, 2.45) is 0 Å². The van der Waals surface area contributed by atoms with Crippen LogP contribution >= 0.6 is 0 Å². The average molecular weight is 272 g/mol. The summed E-state index contributed by atoms with van der Waals surface area (Å²) in [5, 5.41) is 0. The molecule has 0 atom stereocenters. The molecule has 4 N–H and O–H groups in total. The number of carbonyl (C=O) groups is 1. The molecule has 1 aliphatic heterocycles. The van der Waals surface area contributed by atoms with Gasteiger partial charge in [0, 0.05) is 18.7 Å². The van der Waals surface area contributed by atoms with E-state index in [2.05, 4.69) is 15.0 Å². The van der Waals surface area contributed by atoms with Crippen molar-refractivity contribution in [1.29, 1.82) is 0 Å². The number of pyridine rings is 1. The van der Waals surface area contributed by atoms with E-state index in [4.69, 9.17) is 11.5 Å². The summed E-state index contributed by atoms with van der Waals surface area (Å²) in [6, 6.07) is 3.67. The van der Waals surface area contributed by atoms with Crippen molar-refractivity contribution in [1.82, 2.24) is 15.0 Å². The number of amides is 1. The molecule has 0 spiro atoms. The number of nitrogens with two attached hydrogens (primary N) is 2. The quantitative estimate of drug-likeness (QED) is 0.708. The zero-order valence-corrected chi connectivity index (χ0v) is 10.7. The SMILES string of the molecule is Nc1nc(N)nc(-[n+]2ccc(N3CCCC3=O)cc2)n1. The number of nitrogen functional groups attached to an aromatic ring is 2. The van der Waals surface area contributed by atoms with Gasteiger partial charge < -0.3 is 16.4 Å². The molecule has 2 aromatic heterocycles. The summed E-state index contributed by atoms with van der Waals surface area (Å²) < 4.78 is 1.67. The van der Waals surface area contributed by atoms with E-state index in [0.29, 0.717) is 12.4 Å². The predicted molar refractivity (Wildman–Crippen MR) is 71.8 cm³/mol. The summed E-state index contributed by atoms with van der Waals surface area (Å²) in [7, 11) is 0.